The van der Waals surface area contributed by atoms with E-state index in [0.29, 0.717) is 31.1 Å². The molecule has 1 N–H and O–H groups in total. The van der Waals surface area contributed by atoms with Crippen LogP contribution in [0.3, 0.4) is 0 Å². The largest absolute Gasteiger partial charge is 0.476 e. The molecule has 2 aromatic carbocycles. The van der Waals surface area contributed by atoms with Gasteiger partial charge in [-0.2, -0.15) is 5.10 Å². The van der Waals surface area contributed by atoms with Crippen molar-refractivity contribution in [2.45, 2.75) is 59.1 Å². The van der Waals surface area contributed by atoms with E-state index in [1.54, 1.807) is 20.8 Å². The molecule has 0 bridgehead atoms. The van der Waals surface area contributed by atoms with Crippen molar-refractivity contribution >= 4 is 5.97 Å². The molecule has 0 saturated heterocycles. The molecule has 170 valence electrons. The van der Waals surface area contributed by atoms with E-state index in [9.17, 15) is 9.59 Å². The summed E-state index contributed by atoms with van der Waals surface area (Å²) in [4.78, 5) is 27.0. The van der Waals surface area contributed by atoms with E-state index in [2.05, 4.69) is 10.1 Å². The Balaban J connectivity index is 1.51. The maximum absolute atomic E-state index is 12.2. The smallest absolute Gasteiger partial charge is 0.349 e. The summed E-state index contributed by atoms with van der Waals surface area (Å²) in [5.41, 5.74) is 2.15. The van der Waals surface area contributed by atoms with Crippen LogP contribution in [0.5, 0.6) is 5.75 Å². The zero-order chi connectivity index (χ0) is 23.1. The lowest BCUT2D eigenvalue weighted by Gasteiger charge is -2.24. The van der Waals surface area contributed by atoms with Crippen molar-refractivity contribution in [1.82, 2.24) is 14.8 Å². The molecule has 1 aromatic heterocycles. The number of carbonyl (C=O) groups is 1. The second-order valence-corrected chi connectivity index (χ2v) is 8.35. The van der Waals surface area contributed by atoms with Crippen molar-refractivity contribution in [3.05, 3.63) is 81.5 Å². The van der Waals surface area contributed by atoms with Gasteiger partial charge in [-0.3, -0.25) is 4.98 Å². The minimum Gasteiger partial charge on any atom is -0.476 e. The number of nitrogens with one attached hydrogen (secondary N) is 1. The summed E-state index contributed by atoms with van der Waals surface area (Å²) in [5, 5.41) is 4.43. The molecule has 0 amide bonds. The Morgan fingerprint density at radius 2 is 1.69 bits per heavy atom. The lowest BCUT2D eigenvalue weighted by Crippen LogP contribution is -2.39. The van der Waals surface area contributed by atoms with Crippen LogP contribution in [-0.4, -0.2) is 32.9 Å². The van der Waals surface area contributed by atoms with Crippen LogP contribution < -0.4 is 10.4 Å². The summed E-state index contributed by atoms with van der Waals surface area (Å²) in [5.74, 6) is 0.920. The molecule has 3 aromatic rings. The molecule has 0 unspecified atom stereocenters. The van der Waals surface area contributed by atoms with Gasteiger partial charge in [0.15, 0.2) is 5.60 Å². The maximum atomic E-state index is 12.2. The third-order valence-corrected chi connectivity index (χ3v) is 5.12. The SMILES string of the molecule is CCOC(=O)C(C)(C)Oc1ccc(CCCc2nn(Cc3ccc(C)cc3)c(=O)[nH]2)cc1. The number of aryl methyl sites for hydroxylation is 3. The fourth-order valence-corrected chi connectivity index (χ4v) is 3.32. The Morgan fingerprint density at radius 3 is 2.34 bits per heavy atom. The van der Waals surface area contributed by atoms with E-state index in [0.717, 1.165) is 24.0 Å². The number of H-pyrrole nitrogens is 1. The maximum Gasteiger partial charge on any atom is 0.349 e. The van der Waals surface area contributed by atoms with E-state index in [1.807, 2.05) is 55.5 Å². The minimum atomic E-state index is -1.04. The highest BCUT2D eigenvalue weighted by Gasteiger charge is 2.31. The summed E-state index contributed by atoms with van der Waals surface area (Å²) < 4.78 is 12.3. The fourth-order valence-electron chi connectivity index (χ4n) is 3.32. The van der Waals surface area contributed by atoms with Crippen LogP contribution in [0.25, 0.3) is 0 Å². The van der Waals surface area contributed by atoms with Gasteiger partial charge in [0.1, 0.15) is 11.6 Å². The summed E-state index contributed by atoms with van der Waals surface area (Å²) in [6.45, 7) is 7.97. The van der Waals surface area contributed by atoms with Gasteiger partial charge in [0.2, 0.25) is 0 Å². The normalized spacial score (nSPS) is 11.4. The number of aromatic nitrogens is 3. The summed E-state index contributed by atoms with van der Waals surface area (Å²) in [6, 6.07) is 15.8. The number of nitrogens with zero attached hydrogens (tertiary/aromatic N) is 2. The highest BCUT2D eigenvalue weighted by atomic mass is 16.6. The standard InChI is InChI=1S/C25H31N3O4/c1-5-31-23(29)25(3,4)32-21-15-13-19(14-16-21)7-6-8-22-26-24(30)28(27-22)17-20-11-9-18(2)10-12-20/h9-16H,5-8,17H2,1-4H3,(H,26,27,30). The number of hydrogen-bond acceptors (Lipinski definition) is 5. The average molecular weight is 438 g/mol. The summed E-state index contributed by atoms with van der Waals surface area (Å²) >= 11 is 0. The first-order chi connectivity index (χ1) is 15.3. The topological polar surface area (TPSA) is 86.2 Å². The molecular weight excluding hydrogens is 406 g/mol. The molecule has 3 rings (SSSR count). The van der Waals surface area contributed by atoms with Crippen LogP contribution in [0.1, 0.15) is 49.7 Å². The molecule has 0 aliphatic carbocycles. The second kappa shape index (κ2) is 10.3. The van der Waals surface area contributed by atoms with Crippen LogP contribution in [0.15, 0.2) is 53.3 Å². The van der Waals surface area contributed by atoms with Crippen LogP contribution in [0.4, 0.5) is 0 Å². The van der Waals surface area contributed by atoms with Crippen LogP contribution >= 0.6 is 0 Å². The Labute approximate surface area is 188 Å². The van der Waals surface area contributed by atoms with E-state index in [1.165, 1.54) is 10.2 Å². The molecule has 0 saturated carbocycles. The third-order valence-electron chi connectivity index (χ3n) is 5.12. The molecule has 0 atom stereocenters. The van der Waals surface area contributed by atoms with Gasteiger partial charge >= 0.3 is 11.7 Å². The van der Waals surface area contributed by atoms with Crippen LogP contribution in [0.2, 0.25) is 0 Å². The van der Waals surface area contributed by atoms with Gasteiger partial charge in [-0.05, 0) is 63.8 Å². The molecule has 7 nitrogen and oxygen atoms in total. The number of aromatic amines is 1. The van der Waals surface area contributed by atoms with E-state index in [4.69, 9.17) is 9.47 Å². The second-order valence-electron chi connectivity index (χ2n) is 8.35. The molecule has 32 heavy (non-hydrogen) atoms. The lowest BCUT2D eigenvalue weighted by molar-refractivity contribution is -0.158. The van der Waals surface area contributed by atoms with Crippen LogP contribution in [0, 0.1) is 6.92 Å². The number of esters is 1. The molecule has 0 aliphatic rings. The first kappa shape index (κ1) is 23.3. The number of rotatable bonds is 10. The number of hydrogen-bond donors (Lipinski definition) is 1. The number of benzene rings is 2. The zero-order valence-corrected chi connectivity index (χ0v) is 19.2. The van der Waals surface area contributed by atoms with Gasteiger partial charge in [-0.25, -0.2) is 14.3 Å². The fraction of sp³-hybridized carbons (Fsp3) is 0.400. The van der Waals surface area contributed by atoms with Gasteiger partial charge in [-0.15, -0.1) is 0 Å². The van der Waals surface area contributed by atoms with Crippen molar-refractivity contribution in [2.24, 2.45) is 0 Å². The van der Waals surface area contributed by atoms with Gasteiger partial charge < -0.3 is 9.47 Å². The lowest BCUT2D eigenvalue weighted by atomic mass is 10.1. The van der Waals surface area contributed by atoms with Gasteiger partial charge in [0, 0.05) is 6.42 Å². The van der Waals surface area contributed by atoms with Crippen molar-refractivity contribution in [3.63, 3.8) is 0 Å². The molecule has 0 spiro atoms. The van der Waals surface area contributed by atoms with Crippen molar-refractivity contribution in [3.8, 4) is 5.75 Å². The predicted molar refractivity (Wildman–Crippen MR) is 123 cm³/mol. The van der Waals surface area contributed by atoms with Crippen molar-refractivity contribution in [1.29, 1.82) is 0 Å². The van der Waals surface area contributed by atoms with Gasteiger partial charge in [0.25, 0.3) is 0 Å². The first-order valence-corrected chi connectivity index (χ1v) is 10.9. The van der Waals surface area contributed by atoms with Crippen LogP contribution in [-0.2, 0) is 28.9 Å². The number of carbonyl (C=O) groups excluding carboxylic acids is 1. The van der Waals surface area contributed by atoms with Crippen molar-refractivity contribution in [2.75, 3.05) is 6.61 Å². The van der Waals surface area contributed by atoms with Gasteiger partial charge in [-0.1, -0.05) is 42.0 Å². The molecule has 1 heterocycles. The van der Waals surface area contributed by atoms with E-state index in [-0.39, 0.29) is 11.7 Å². The molecular formula is C25H31N3O4. The predicted octanol–water partition coefficient (Wildman–Crippen LogP) is 3.82. The zero-order valence-electron chi connectivity index (χ0n) is 19.2. The van der Waals surface area contributed by atoms with E-state index >= 15 is 0 Å². The summed E-state index contributed by atoms with van der Waals surface area (Å²) in [7, 11) is 0. The number of ether oxygens (including phenoxy) is 2. The Hall–Kier alpha value is -3.35. The monoisotopic (exact) mass is 437 g/mol. The Bertz CT molecular complexity index is 1080. The molecule has 7 heteroatoms. The molecule has 0 aliphatic heterocycles. The molecule has 0 fully saturated rings. The Morgan fingerprint density at radius 1 is 1.03 bits per heavy atom. The minimum absolute atomic E-state index is 0.189. The first-order valence-electron chi connectivity index (χ1n) is 10.9. The highest BCUT2D eigenvalue weighted by Crippen LogP contribution is 2.21. The van der Waals surface area contributed by atoms with E-state index < -0.39 is 5.60 Å². The quantitative estimate of drug-likeness (QED) is 0.487. The average Bonchev–Trinajstić information content (AvgIpc) is 3.10. The Kier molecular flexibility index (Phi) is 7.51. The third kappa shape index (κ3) is 6.33. The van der Waals surface area contributed by atoms with Crippen molar-refractivity contribution < 1.29 is 14.3 Å². The highest BCUT2D eigenvalue weighted by molar-refractivity contribution is 5.79. The van der Waals surface area contributed by atoms with Gasteiger partial charge in [0.05, 0.1) is 13.2 Å². The molecule has 0 radical (unpaired) electrons. The summed E-state index contributed by atoms with van der Waals surface area (Å²) in [6.07, 6.45) is 2.38.